The molecular formula is C9H9BrN2O2. The monoisotopic (exact) mass is 256 g/mol. The van der Waals surface area contributed by atoms with Crippen molar-refractivity contribution in [2.24, 2.45) is 5.92 Å². The number of aromatic nitrogens is 1. The highest BCUT2D eigenvalue weighted by atomic mass is 79.9. The summed E-state index contributed by atoms with van der Waals surface area (Å²) in [5.74, 6) is 0.0938. The topological polar surface area (TPSA) is 62.2 Å². The van der Waals surface area contributed by atoms with Crippen molar-refractivity contribution in [1.29, 1.82) is 0 Å². The third kappa shape index (κ3) is 1.65. The number of carbonyl (C=O) groups excluding carboxylic acids is 1. The summed E-state index contributed by atoms with van der Waals surface area (Å²) in [5, 5.41) is 11.6. The van der Waals surface area contributed by atoms with E-state index in [9.17, 15) is 4.79 Å². The molecule has 1 aromatic rings. The fourth-order valence-corrected chi connectivity index (χ4v) is 1.85. The summed E-state index contributed by atoms with van der Waals surface area (Å²) in [7, 11) is 0. The van der Waals surface area contributed by atoms with Crippen LogP contribution in [0.5, 0.6) is 0 Å². The van der Waals surface area contributed by atoms with Crippen molar-refractivity contribution < 1.29 is 9.90 Å². The van der Waals surface area contributed by atoms with Gasteiger partial charge in [0.1, 0.15) is 5.82 Å². The molecule has 0 spiro atoms. The first-order chi connectivity index (χ1) is 6.70. The first-order valence-electron chi connectivity index (χ1n) is 4.27. The Morgan fingerprint density at radius 1 is 1.71 bits per heavy atom. The minimum atomic E-state index is -0.349. The molecule has 2 N–H and O–H groups in total. The maximum Gasteiger partial charge on any atom is 0.231 e. The number of nitrogens with zero attached hydrogens (tertiary/aromatic N) is 1. The highest BCUT2D eigenvalue weighted by Crippen LogP contribution is 2.25. The lowest BCUT2D eigenvalue weighted by Gasteiger charge is -2.22. The molecule has 1 aliphatic heterocycles. The third-order valence-electron chi connectivity index (χ3n) is 2.23. The number of fused-ring (bicyclic) bond motifs is 1. The van der Waals surface area contributed by atoms with Gasteiger partial charge in [0, 0.05) is 10.7 Å². The molecule has 0 saturated carbocycles. The zero-order chi connectivity index (χ0) is 10.1. The highest BCUT2D eigenvalue weighted by Gasteiger charge is 2.26. The standard InChI is InChI=1S/C9H9BrN2O2/c10-7-2-5-1-6(4-13)9(14)12-8(5)11-3-7/h2-3,6,13H,1,4H2,(H,11,12,14). The Hall–Kier alpha value is -0.940. The van der Waals surface area contributed by atoms with E-state index in [0.29, 0.717) is 12.2 Å². The quantitative estimate of drug-likeness (QED) is 0.787. The first kappa shape index (κ1) is 9.61. The highest BCUT2D eigenvalue weighted by molar-refractivity contribution is 9.10. The molecule has 1 aliphatic rings. The Balaban J connectivity index is 2.36. The van der Waals surface area contributed by atoms with E-state index in [0.717, 1.165) is 10.0 Å². The second-order valence-electron chi connectivity index (χ2n) is 3.23. The van der Waals surface area contributed by atoms with Gasteiger partial charge < -0.3 is 10.4 Å². The van der Waals surface area contributed by atoms with Crippen LogP contribution in [-0.4, -0.2) is 22.6 Å². The number of aliphatic hydroxyl groups is 1. The largest absolute Gasteiger partial charge is 0.396 e. The number of amides is 1. The Bertz CT molecular complexity index is 381. The van der Waals surface area contributed by atoms with Gasteiger partial charge in [0.15, 0.2) is 0 Å². The number of anilines is 1. The van der Waals surface area contributed by atoms with Gasteiger partial charge in [-0.25, -0.2) is 4.98 Å². The molecule has 5 heteroatoms. The molecule has 14 heavy (non-hydrogen) atoms. The number of carbonyl (C=O) groups is 1. The average molecular weight is 257 g/mol. The molecule has 1 unspecified atom stereocenters. The summed E-state index contributed by atoms with van der Waals surface area (Å²) in [6.07, 6.45) is 2.18. The Morgan fingerprint density at radius 3 is 3.21 bits per heavy atom. The van der Waals surface area contributed by atoms with E-state index in [1.54, 1.807) is 6.20 Å². The van der Waals surface area contributed by atoms with Gasteiger partial charge in [-0.15, -0.1) is 0 Å². The lowest BCUT2D eigenvalue weighted by atomic mass is 9.96. The molecule has 0 fully saturated rings. The van der Waals surface area contributed by atoms with E-state index >= 15 is 0 Å². The predicted molar refractivity (Wildman–Crippen MR) is 54.8 cm³/mol. The van der Waals surface area contributed by atoms with Crippen molar-refractivity contribution in [2.75, 3.05) is 11.9 Å². The molecule has 0 aromatic carbocycles. The summed E-state index contributed by atoms with van der Waals surface area (Å²) >= 11 is 3.31. The van der Waals surface area contributed by atoms with Gasteiger partial charge in [0.2, 0.25) is 5.91 Å². The molecule has 74 valence electrons. The van der Waals surface area contributed by atoms with Gasteiger partial charge in [-0.3, -0.25) is 4.79 Å². The molecule has 1 amide bonds. The van der Waals surface area contributed by atoms with Crippen molar-refractivity contribution in [3.63, 3.8) is 0 Å². The van der Waals surface area contributed by atoms with Crippen LogP contribution < -0.4 is 5.32 Å². The smallest absolute Gasteiger partial charge is 0.231 e. The van der Waals surface area contributed by atoms with E-state index in [1.165, 1.54) is 0 Å². The maximum atomic E-state index is 11.4. The van der Waals surface area contributed by atoms with Crippen LogP contribution in [-0.2, 0) is 11.2 Å². The summed E-state index contributed by atoms with van der Waals surface area (Å²) in [6.45, 7) is -0.127. The maximum absolute atomic E-state index is 11.4. The van der Waals surface area contributed by atoms with Crippen molar-refractivity contribution in [3.8, 4) is 0 Å². The lowest BCUT2D eigenvalue weighted by Crippen LogP contribution is -2.32. The zero-order valence-electron chi connectivity index (χ0n) is 7.33. The number of hydrogen-bond donors (Lipinski definition) is 2. The molecule has 2 rings (SSSR count). The van der Waals surface area contributed by atoms with E-state index in [2.05, 4.69) is 26.2 Å². The Kier molecular flexibility index (Phi) is 2.52. The molecule has 1 aromatic heterocycles. The number of hydrogen-bond acceptors (Lipinski definition) is 3. The molecule has 0 aliphatic carbocycles. The van der Waals surface area contributed by atoms with Crippen LogP contribution in [0.4, 0.5) is 5.82 Å². The molecule has 2 heterocycles. The van der Waals surface area contributed by atoms with Crippen molar-refractivity contribution in [3.05, 3.63) is 22.3 Å². The molecule has 0 radical (unpaired) electrons. The van der Waals surface area contributed by atoms with Crippen LogP contribution in [0.1, 0.15) is 5.56 Å². The molecule has 0 saturated heterocycles. The normalized spacial score (nSPS) is 20.1. The Labute approximate surface area is 89.5 Å². The summed E-state index contributed by atoms with van der Waals surface area (Å²) in [4.78, 5) is 15.4. The van der Waals surface area contributed by atoms with E-state index in [1.807, 2.05) is 6.07 Å². The number of nitrogens with one attached hydrogen (secondary N) is 1. The minimum Gasteiger partial charge on any atom is -0.396 e. The molecule has 4 nitrogen and oxygen atoms in total. The SMILES string of the molecule is O=C1Nc2ncc(Br)cc2CC1CO. The number of rotatable bonds is 1. The van der Waals surface area contributed by atoms with Crippen LogP contribution in [0, 0.1) is 5.92 Å². The number of aliphatic hydroxyl groups excluding tert-OH is 1. The van der Waals surface area contributed by atoms with E-state index in [-0.39, 0.29) is 18.4 Å². The second-order valence-corrected chi connectivity index (χ2v) is 4.15. The second kappa shape index (κ2) is 3.67. The van der Waals surface area contributed by atoms with E-state index < -0.39 is 0 Å². The van der Waals surface area contributed by atoms with Crippen molar-refractivity contribution in [2.45, 2.75) is 6.42 Å². The average Bonchev–Trinajstić information content (AvgIpc) is 2.17. The summed E-state index contributed by atoms with van der Waals surface area (Å²) in [5.41, 5.74) is 0.957. The van der Waals surface area contributed by atoms with E-state index in [4.69, 9.17) is 5.11 Å². The molecular weight excluding hydrogens is 248 g/mol. The van der Waals surface area contributed by atoms with Crippen LogP contribution in [0.3, 0.4) is 0 Å². The Morgan fingerprint density at radius 2 is 2.50 bits per heavy atom. The number of halogens is 1. The summed E-state index contributed by atoms with van der Waals surface area (Å²) < 4.78 is 0.879. The summed E-state index contributed by atoms with van der Waals surface area (Å²) in [6, 6.07) is 1.91. The van der Waals surface area contributed by atoms with Gasteiger partial charge in [0.05, 0.1) is 12.5 Å². The van der Waals surface area contributed by atoms with Gasteiger partial charge in [-0.2, -0.15) is 0 Å². The fraction of sp³-hybridized carbons (Fsp3) is 0.333. The van der Waals surface area contributed by atoms with Gasteiger partial charge in [-0.05, 0) is 34.0 Å². The first-order valence-corrected chi connectivity index (χ1v) is 5.06. The van der Waals surface area contributed by atoms with Crippen molar-refractivity contribution >= 4 is 27.7 Å². The minimum absolute atomic E-state index is 0.127. The van der Waals surface area contributed by atoms with Gasteiger partial charge in [0.25, 0.3) is 0 Å². The van der Waals surface area contributed by atoms with Crippen LogP contribution >= 0.6 is 15.9 Å². The fourth-order valence-electron chi connectivity index (χ4n) is 1.47. The lowest BCUT2D eigenvalue weighted by molar-refractivity contribution is -0.121. The predicted octanol–water partition coefficient (Wildman–Crippen LogP) is 0.947. The van der Waals surface area contributed by atoms with Gasteiger partial charge in [-0.1, -0.05) is 0 Å². The zero-order valence-corrected chi connectivity index (χ0v) is 8.91. The van der Waals surface area contributed by atoms with Crippen LogP contribution in [0.2, 0.25) is 0 Å². The van der Waals surface area contributed by atoms with Gasteiger partial charge >= 0.3 is 0 Å². The molecule has 0 bridgehead atoms. The van der Waals surface area contributed by atoms with Crippen LogP contribution in [0.15, 0.2) is 16.7 Å². The number of pyridine rings is 1. The molecule has 1 atom stereocenters. The van der Waals surface area contributed by atoms with Crippen LogP contribution in [0.25, 0.3) is 0 Å². The van der Waals surface area contributed by atoms with Crippen molar-refractivity contribution in [1.82, 2.24) is 4.98 Å². The third-order valence-corrected chi connectivity index (χ3v) is 2.67.